The molecule has 1 aliphatic heterocycles. The minimum absolute atomic E-state index is 0.106. The molecule has 2 nitrogen and oxygen atoms in total. The van der Waals surface area contributed by atoms with Gasteiger partial charge in [0.25, 0.3) is 0 Å². The van der Waals surface area contributed by atoms with Gasteiger partial charge in [-0.15, -0.1) is 0 Å². The largest absolute Gasteiger partial charge is 0.357 e. The van der Waals surface area contributed by atoms with Gasteiger partial charge in [-0.1, -0.05) is 24.9 Å². The standard InChI is InChI=1S/C9H18ClNO/c1-3-4-5-11-6-8(2)12-9(10)7-11/h8-9H,3-7H2,1-2H3/t8-,9+/m0/s1. The SMILES string of the molecule is CCCCN1C[C@H](C)O[C@@H](Cl)C1. The zero-order valence-electron chi connectivity index (χ0n) is 7.92. The maximum absolute atomic E-state index is 5.92. The fourth-order valence-electron chi connectivity index (χ4n) is 1.54. The Kier molecular flexibility index (Phi) is 4.33. The molecule has 1 aliphatic rings. The number of morpholine rings is 1. The van der Waals surface area contributed by atoms with E-state index >= 15 is 0 Å². The zero-order valence-corrected chi connectivity index (χ0v) is 8.68. The number of hydrogen-bond acceptors (Lipinski definition) is 2. The molecule has 0 aromatic carbocycles. The van der Waals surface area contributed by atoms with E-state index in [-0.39, 0.29) is 11.7 Å². The van der Waals surface area contributed by atoms with Crippen LogP contribution in [0.2, 0.25) is 0 Å². The molecule has 1 heterocycles. The van der Waals surface area contributed by atoms with Crippen LogP contribution in [0, 0.1) is 0 Å². The predicted octanol–water partition coefficient (Wildman–Crippen LogP) is 2.07. The summed E-state index contributed by atoms with van der Waals surface area (Å²) < 4.78 is 5.42. The van der Waals surface area contributed by atoms with Crippen LogP contribution in [-0.2, 0) is 4.74 Å². The summed E-state index contributed by atoms with van der Waals surface area (Å²) in [5.41, 5.74) is -0.106. The molecule has 0 saturated carbocycles. The Morgan fingerprint density at radius 1 is 1.50 bits per heavy atom. The van der Waals surface area contributed by atoms with Crippen molar-refractivity contribution in [2.45, 2.75) is 38.4 Å². The first-order valence-corrected chi connectivity index (χ1v) is 5.18. The van der Waals surface area contributed by atoms with Gasteiger partial charge in [-0.3, -0.25) is 4.90 Å². The van der Waals surface area contributed by atoms with Crippen LogP contribution in [0.4, 0.5) is 0 Å². The summed E-state index contributed by atoms with van der Waals surface area (Å²) in [6, 6.07) is 0. The zero-order chi connectivity index (χ0) is 8.97. The van der Waals surface area contributed by atoms with E-state index in [1.54, 1.807) is 0 Å². The van der Waals surface area contributed by atoms with Crippen LogP contribution in [-0.4, -0.2) is 36.2 Å². The lowest BCUT2D eigenvalue weighted by atomic mass is 10.2. The highest BCUT2D eigenvalue weighted by molar-refractivity contribution is 6.19. The van der Waals surface area contributed by atoms with Gasteiger partial charge < -0.3 is 4.74 Å². The van der Waals surface area contributed by atoms with Crippen LogP contribution in [0.15, 0.2) is 0 Å². The van der Waals surface area contributed by atoms with E-state index < -0.39 is 0 Å². The van der Waals surface area contributed by atoms with Gasteiger partial charge in [-0.2, -0.15) is 0 Å². The summed E-state index contributed by atoms with van der Waals surface area (Å²) in [6.07, 6.45) is 2.80. The molecule has 0 unspecified atom stereocenters. The van der Waals surface area contributed by atoms with Gasteiger partial charge in [0.1, 0.15) is 5.56 Å². The van der Waals surface area contributed by atoms with E-state index in [2.05, 4.69) is 18.7 Å². The van der Waals surface area contributed by atoms with Crippen molar-refractivity contribution in [3.8, 4) is 0 Å². The first kappa shape index (κ1) is 10.3. The van der Waals surface area contributed by atoms with E-state index in [1.165, 1.54) is 12.8 Å². The van der Waals surface area contributed by atoms with Gasteiger partial charge in [-0.25, -0.2) is 0 Å². The van der Waals surface area contributed by atoms with Gasteiger partial charge in [-0.05, 0) is 19.9 Å². The van der Waals surface area contributed by atoms with Crippen LogP contribution in [0.5, 0.6) is 0 Å². The Bertz CT molecular complexity index is 122. The minimum Gasteiger partial charge on any atom is -0.357 e. The molecule has 3 heteroatoms. The fraction of sp³-hybridized carbons (Fsp3) is 1.00. The molecule has 0 bridgehead atoms. The molecule has 1 fully saturated rings. The Balaban J connectivity index is 2.24. The van der Waals surface area contributed by atoms with E-state index in [4.69, 9.17) is 16.3 Å². The molecule has 1 rings (SSSR count). The molecule has 0 amide bonds. The van der Waals surface area contributed by atoms with Gasteiger partial charge in [0, 0.05) is 13.1 Å². The molecule has 12 heavy (non-hydrogen) atoms. The second-order valence-corrected chi connectivity index (χ2v) is 3.96. The molecule has 0 aliphatic carbocycles. The van der Waals surface area contributed by atoms with Crippen LogP contribution < -0.4 is 0 Å². The molecule has 0 radical (unpaired) electrons. The van der Waals surface area contributed by atoms with Gasteiger partial charge in [0.05, 0.1) is 6.10 Å². The van der Waals surface area contributed by atoms with Crippen molar-refractivity contribution in [1.82, 2.24) is 4.90 Å². The summed E-state index contributed by atoms with van der Waals surface area (Å²) in [7, 11) is 0. The second-order valence-electron chi connectivity index (χ2n) is 3.47. The van der Waals surface area contributed by atoms with Crippen LogP contribution in [0.25, 0.3) is 0 Å². The summed E-state index contributed by atoms with van der Waals surface area (Å²) in [5.74, 6) is 0. The first-order valence-electron chi connectivity index (χ1n) is 4.74. The summed E-state index contributed by atoms with van der Waals surface area (Å²) in [4.78, 5) is 2.38. The van der Waals surface area contributed by atoms with Crippen LogP contribution >= 0.6 is 11.6 Å². The lowest BCUT2D eigenvalue weighted by Gasteiger charge is -2.33. The highest BCUT2D eigenvalue weighted by atomic mass is 35.5. The third kappa shape index (κ3) is 3.30. The van der Waals surface area contributed by atoms with Crippen molar-refractivity contribution in [3.63, 3.8) is 0 Å². The number of alkyl halides is 1. The Morgan fingerprint density at radius 3 is 2.83 bits per heavy atom. The summed E-state index contributed by atoms with van der Waals surface area (Å²) in [5, 5.41) is 0. The molecule has 0 aromatic heterocycles. The predicted molar refractivity (Wildman–Crippen MR) is 51.5 cm³/mol. The molecule has 0 spiro atoms. The average Bonchev–Trinajstić information content (AvgIpc) is 1.99. The lowest BCUT2D eigenvalue weighted by molar-refractivity contribution is -0.0397. The molecule has 1 saturated heterocycles. The number of unbranched alkanes of at least 4 members (excludes halogenated alkanes) is 1. The van der Waals surface area contributed by atoms with Crippen molar-refractivity contribution < 1.29 is 4.74 Å². The van der Waals surface area contributed by atoms with E-state index in [1.807, 2.05) is 0 Å². The number of hydrogen-bond donors (Lipinski definition) is 0. The smallest absolute Gasteiger partial charge is 0.144 e. The van der Waals surface area contributed by atoms with Gasteiger partial charge in [0.2, 0.25) is 0 Å². The molecule has 0 N–H and O–H groups in total. The van der Waals surface area contributed by atoms with Crippen LogP contribution in [0.1, 0.15) is 26.7 Å². The number of rotatable bonds is 3. The van der Waals surface area contributed by atoms with E-state index in [0.717, 1.165) is 19.6 Å². The first-order chi connectivity index (χ1) is 5.72. The lowest BCUT2D eigenvalue weighted by Crippen LogP contribution is -2.44. The van der Waals surface area contributed by atoms with Gasteiger partial charge in [0.15, 0.2) is 0 Å². The highest BCUT2D eigenvalue weighted by Gasteiger charge is 2.22. The van der Waals surface area contributed by atoms with Crippen molar-refractivity contribution in [1.29, 1.82) is 0 Å². The Morgan fingerprint density at radius 2 is 2.25 bits per heavy atom. The Labute approximate surface area is 79.8 Å². The quantitative estimate of drug-likeness (QED) is 0.634. The Hall–Kier alpha value is 0.210. The third-order valence-electron chi connectivity index (χ3n) is 2.12. The van der Waals surface area contributed by atoms with Crippen molar-refractivity contribution in [3.05, 3.63) is 0 Å². The van der Waals surface area contributed by atoms with Crippen molar-refractivity contribution in [2.75, 3.05) is 19.6 Å². The van der Waals surface area contributed by atoms with Crippen LogP contribution in [0.3, 0.4) is 0 Å². The molecule has 0 aromatic rings. The second kappa shape index (κ2) is 5.05. The monoisotopic (exact) mass is 191 g/mol. The molecular formula is C9H18ClNO. The van der Waals surface area contributed by atoms with E-state index in [0.29, 0.717) is 0 Å². The topological polar surface area (TPSA) is 12.5 Å². The minimum atomic E-state index is -0.106. The summed E-state index contributed by atoms with van der Waals surface area (Å²) >= 11 is 5.92. The van der Waals surface area contributed by atoms with Gasteiger partial charge >= 0.3 is 0 Å². The average molecular weight is 192 g/mol. The molecular weight excluding hydrogens is 174 g/mol. The maximum Gasteiger partial charge on any atom is 0.144 e. The maximum atomic E-state index is 5.92. The van der Waals surface area contributed by atoms with Crippen molar-refractivity contribution in [2.24, 2.45) is 0 Å². The number of ether oxygens (including phenoxy) is 1. The highest BCUT2D eigenvalue weighted by Crippen LogP contribution is 2.14. The van der Waals surface area contributed by atoms with E-state index in [9.17, 15) is 0 Å². The molecule has 2 atom stereocenters. The third-order valence-corrected chi connectivity index (χ3v) is 2.37. The number of nitrogens with zero attached hydrogens (tertiary/aromatic N) is 1. The number of halogens is 1. The summed E-state index contributed by atoms with van der Waals surface area (Å²) in [6.45, 7) is 7.36. The van der Waals surface area contributed by atoms with Crippen molar-refractivity contribution >= 4 is 11.6 Å². The molecule has 72 valence electrons. The normalized spacial score (nSPS) is 32.2. The fourth-order valence-corrected chi connectivity index (χ4v) is 1.91.